The Hall–Kier alpha value is -1.35. The predicted molar refractivity (Wildman–Crippen MR) is 74.6 cm³/mol. The summed E-state index contributed by atoms with van der Waals surface area (Å²) in [6, 6.07) is 10.7. The minimum atomic E-state index is -1.32. The monoisotopic (exact) mass is 248 g/mol. The summed E-state index contributed by atoms with van der Waals surface area (Å²) in [6.07, 6.45) is 1.93. The third-order valence-corrected chi connectivity index (χ3v) is 3.75. The van der Waals surface area contributed by atoms with E-state index in [2.05, 4.69) is 19.6 Å². The fourth-order valence-electron chi connectivity index (χ4n) is 1.64. The molecule has 0 aliphatic heterocycles. The highest BCUT2D eigenvalue weighted by Crippen LogP contribution is 2.20. The molecule has 1 aromatic carbocycles. The predicted octanol–water partition coefficient (Wildman–Crippen LogP) is 3.58. The Morgan fingerprint density at radius 3 is 2.29 bits per heavy atom. The summed E-state index contributed by atoms with van der Waals surface area (Å²) in [7, 11) is 0.114. The maximum Gasteiger partial charge on any atom is 0.333 e. The zero-order valence-electron chi connectivity index (χ0n) is 11.0. The second-order valence-electron chi connectivity index (χ2n) is 5.31. The summed E-state index contributed by atoms with van der Waals surface area (Å²) in [5.41, 5.74) is 1.82. The number of esters is 1. The van der Waals surface area contributed by atoms with E-state index in [1.165, 1.54) is 7.11 Å². The van der Waals surface area contributed by atoms with Crippen molar-refractivity contribution in [3.8, 4) is 0 Å². The molecule has 0 spiro atoms. The molecule has 0 unspecified atom stereocenters. The number of hydrogen-bond acceptors (Lipinski definition) is 2. The first-order valence-electron chi connectivity index (χ1n) is 5.76. The van der Waals surface area contributed by atoms with E-state index < -0.39 is 8.07 Å². The van der Waals surface area contributed by atoms with Crippen molar-refractivity contribution in [1.29, 1.82) is 0 Å². The van der Waals surface area contributed by atoms with Gasteiger partial charge in [-0.05, 0) is 17.7 Å². The van der Waals surface area contributed by atoms with Gasteiger partial charge in [-0.15, -0.1) is 0 Å². The SMILES string of the molecule is COC(=O)/C(=C/c1ccccc1)C[Si](C)(C)C. The fourth-order valence-corrected chi connectivity index (χ4v) is 3.02. The zero-order valence-corrected chi connectivity index (χ0v) is 12.0. The number of ether oxygens (including phenoxy) is 1. The molecular formula is C14H20O2Si. The van der Waals surface area contributed by atoms with Gasteiger partial charge in [0.05, 0.1) is 7.11 Å². The van der Waals surface area contributed by atoms with E-state index in [0.717, 1.165) is 17.2 Å². The van der Waals surface area contributed by atoms with E-state index >= 15 is 0 Å². The van der Waals surface area contributed by atoms with Gasteiger partial charge in [0, 0.05) is 13.6 Å². The van der Waals surface area contributed by atoms with Crippen LogP contribution in [0.15, 0.2) is 35.9 Å². The molecule has 0 radical (unpaired) electrons. The molecule has 0 aromatic heterocycles. The van der Waals surface area contributed by atoms with Crippen molar-refractivity contribution in [2.24, 2.45) is 0 Å². The van der Waals surface area contributed by atoms with Crippen molar-refractivity contribution in [3.63, 3.8) is 0 Å². The van der Waals surface area contributed by atoms with Crippen LogP contribution in [-0.4, -0.2) is 21.2 Å². The molecule has 0 aliphatic carbocycles. The van der Waals surface area contributed by atoms with E-state index in [0.29, 0.717) is 0 Å². The molecule has 1 rings (SSSR count). The van der Waals surface area contributed by atoms with Gasteiger partial charge in [-0.1, -0.05) is 50.0 Å². The highest BCUT2D eigenvalue weighted by Gasteiger charge is 2.20. The van der Waals surface area contributed by atoms with Crippen LogP contribution in [0.3, 0.4) is 0 Å². The van der Waals surface area contributed by atoms with Crippen LogP contribution in [0.5, 0.6) is 0 Å². The molecule has 0 fully saturated rings. The molecule has 17 heavy (non-hydrogen) atoms. The Labute approximate surface area is 104 Å². The summed E-state index contributed by atoms with van der Waals surface area (Å²) >= 11 is 0. The molecule has 2 nitrogen and oxygen atoms in total. The average Bonchev–Trinajstić information content (AvgIpc) is 2.27. The molecule has 1 aromatic rings. The summed E-state index contributed by atoms with van der Waals surface area (Å²) < 4.78 is 4.85. The van der Waals surface area contributed by atoms with Crippen molar-refractivity contribution in [1.82, 2.24) is 0 Å². The molecule has 0 saturated heterocycles. The van der Waals surface area contributed by atoms with Gasteiger partial charge in [-0.2, -0.15) is 0 Å². The lowest BCUT2D eigenvalue weighted by molar-refractivity contribution is -0.135. The van der Waals surface area contributed by atoms with Crippen LogP contribution in [0, 0.1) is 0 Å². The molecule has 0 aliphatic rings. The third kappa shape index (κ3) is 5.00. The van der Waals surface area contributed by atoms with E-state index in [4.69, 9.17) is 4.74 Å². The molecule has 92 valence electrons. The fraction of sp³-hybridized carbons (Fsp3) is 0.357. The van der Waals surface area contributed by atoms with Gasteiger partial charge < -0.3 is 4.74 Å². The van der Waals surface area contributed by atoms with Crippen LogP contribution < -0.4 is 0 Å². The Morgan fingerprint density at radius 2 is 1.82 bits per heavy atom. The van der Waals surface area contributed by atoms with Crippen LogP contribution in [0.2, 0.25) is 25.7 Å². The van der Waals surface area contributed by atoms with E-state index in [1.54, 1.807) is 0 Å². The van der Waals surface area contributed by atoms with Gasteiger partial charge in [0.1, 0.15) is 0 Å². The molecule has 0 amide bonds. The van der Waals surface area contributed by atoms with Crippen molar-refractivity contribution in [2.75, 3.05) is 7.11 Å². The summed E-state index contributed by atoms with van der Waals surface area (Å²) in [6.45, 7) is 6.73. The first-order chi connectivity index (χ1) is 7.92. The van der Waals surface area contributed by atoms with Gasteiger partial charge in [0.25, 0.3) is 0 Å². The van der Waals surface area contributed by atoms with Crippen molar-refractivity contribution in [2.45, 2.75) is 25.7 Å². The first-order valence-corrected chi connectivity index (χ1v) is 9.47. The maximum atomic E-state index is 11.7. The Bertz CT molecular complexity index is 402. The number of methoxy groups -OCH3 is 1. The average molecular weight is 248 g/mol. The van der Waals surface area contributed by atoms with Crippen LogP contribution >= 0.6 is 0 Å². The lowest BCUT2D eigenvalue weighted by Gasteiger charge is -2.17. The Morgan fingerprint density at radius 1 is 1.24 bits per heavy atom. The lowest BCUT2D eigenvalue weighted by atomic mass is 10.1. The van der Waals surface area contributed by atoms with Crippen LogP contribution in [0.4, 0.5) is 0 Å². The minimum Gasteiger partial charge on any atom is -0.466 e. The lowest BCUT2D eigenvalue weighted by Crippen LogP contribution is -2.23. The molecule has 0 saturated carbocycles. The molecule has 0 N–H and O–H groups in total. The number of carbonyl (C=O) groups is 1. The smallest absolute Gasteiger partial charge is 0.333 e. The van der Waals surface area contributed by atoms with E-state index in [9.17, 15) is 4.79 Å². The maximum absolute atomic E-state index is 11.7. The van der Waals surface area contributed by atoms with Gasteiger partial charge in [-0.3, -0.25) is 0 Å². The second kappa shape index (κ2) is 5.82. The molecule has 3 heteroatoms. The van der Waals surface area contributed by atoms with Crippen LogP contribution in [-0.2, 0) is 9.53 Å². The quantitative estimate of drug-likeness (QED) is 0.462. The number of rotatable bonds is 4. The van der Waals surface area contributed by atoms with Gasteiger partial charge >= 0.3 is 5.97 Å². The molecular weight excluding hydrogens is 228 g/mol. The van der Waals surface area contributed by atoms with Gasteiger partial charge in [0.2, 0.25) is 0 Å². The molecule has 0 heterocycles. The second-order valence-corrected chi connectivity index (χ2v) is 10.8. The Kier molecular flexibility index (Phi) is 4.69. The minimum absolute atomic E-state index is 0.212. The van der Waals surface area contributed by atoms with Crippen LogP contribution in [0.1, 0.15) is 5.56 Å². The van der Waals surface area contributed by atoms with Crippen molar-refractivity contribution in [3.05, 3.63) is 41.5 Å². The van der Waals surface area contributed by atoms with Crippen LogP contribution in [0.25, 0.3) is 6.08 Å². The largest absolute Gasteiger partial charge is 0.466 e. The summed E-state index contributed by atoms with van der Waals surface area (Å²) in [4.78, 5) is 11.7. The van der Waals surface area contributed by atoms with Gasteiger partial charge in [0.15, 0.2) is 0 Å². The normalized spacial score (nSPS) is 12.4. The summed E-state index contributed by atoms with van der Waals surface area (Å²) in [5.74, 6) is -0.212. The number of carbonyl (C=O) groups excluding carboxylic acids is 1. The summed E-state index contributed by atoms with van der Waals surface area (Å²) in [5, 5.41) is 0. The standard InChI is InChI=1S/C14H20O2Si/c1-16-14(15)13(11-17(2,3)4)10-12-8-6-5-7-9-12/h5-10H,11H2,1-4H3/b13-10+. The van der Waals surface area contributed by atoms with E-state index in [1.807, 2.05) is 36.4 Å². The van der Waals surface area contributed by atoms with E-state index in [-0.39, 0.29) is 5.97 Å². The van der Waals surface area contributed by atoms with Gasteiger partial charge in [-0.25, -0.2) is 4.79 Å². The number of benzene rings is 1. The molecule has 0 bridgehead atoms. The highest BCUT2D eigenvalue weighted by molar-refractivity contribution is 6.77. The highest BCUT2D eigenvalue weighted by atomic mass is 28.3. The third-order valence-electron chi connectivity index (χ3n) is 2.31. The van der Waals surface area contributed by atoms with Crippen molar-refractivity contribution < 1.29 is 9.53 Å². The topological polar surface area (TPSA) is 26.3 Å². The molecule has 0 atom stereocenters. The Balaban J connectivity index is 2.99. The zero-order chi connectivity index (χ0) is 12.9. The first kappa shape index (κ1) is 13.7. The van der Waals surface area contributed by atoms with Crippen molar-refractivity contribution >= 4 is 20.1 Å². The number of hydrogen-bond donors (Lipinski definition) is 0.